The third-order valence-electron chi connectivity index (χ3n) is 2.30. The van der Waals surface area contributed by atoms with Gasteiger partial charge in [-0.05, 0) is 37.6 Å². The van der Waals surface area contributed by atoms with Crippen LogP contribution in [0.1, 0.15) is 19.4 Å². The van der Waals surface area contributed by atoms with Crippen molar-refractivity contribution in [2.45, 2.75) is 19.9 Å². The maximum absolute atomic E-state index is 12.7. The van der Waals surface area contributed by atoms with Crippen LogP contribution in [0.25, 0.3) is 6.08 Å². The molecule has 4 nitrogen and oxygen atoms in total. The molecular formula is C14H16FNO3. The third kappa shape index (κ3) is 5.33. The van der Waals surface area contributed by atoms with E-state index in [0.29, 0.717) is 5.56 Å². The minimum atomic E-state index is -0.703. The van der Waals surface area contributed by atoms with Crippen molar-refractivity contribution in [1.82, 2.24) is 5.32 Å². The van der Waals surface area contributed by atoms with Crippen molar-refractivity contribution in [3.63, 3.8) is 0 Å². The van der Waals surface area contributed by atoms with E-state index in [4.69, 9.17) is 4.74 Å². The van der Waals surface area contributed by atoms with Crippen LogP contribution >= 0.6 is 0 Å². The molecule has 1 rings (SSSR count). The average Bonchev–Trinajstić information content (AvgIpc) is 2.38. The first-order valence-electron chi connectivity index (χ1n) is 5.93. The minimum absolute atomic E-state index is 0.268. The van der Waals surface area contributed by atoms with Crippen LogP contribution in [-0.4, -0.2) is 24.5 Å². The fourth-order valence-corrected chi connectivity index (χ4v) is 1.33. The Bertz CT molecular complexity index is 468. The quantitative estimate of drug-likeness (QED) is 0.653. The van der Waals surface area contributed by atoms with Crippen molar-refractivity contribution in [3.05, 3.63) is 41.7 Å². The van der Waals surface area contributed by atoms with Crippen LogP contribution in [0.2, 0.25) is 0 Å². The zero-order valence-electron chi connectivity index (χ0n) is 10.9. The van der Waals surface area contributed by atoms with E-state index in [1.165, 1.54) is 24.3 Å². The van der Waals surface area contributed by atoms with E-state index in [2.05, 4.69) is 5.32 Å². The highest BCUT2D eigenvalue weighted by Crippen LogP contribution is 2.04. The van der Waals surface area contributed by atoms with E-state index >= 15 is 0 Å². The number of carbonyl (C=O) groups is 2. The van der Waals surface area contributed by atoms with Crippen molar-refractivity contribution in [2.75, 3.05) is 6.61 Å². The van der Waals surface area contributed by atoms with Crippen molar-refractivity contribution < 1.29 is 18.7 Å². The van der Waals surface area contributed by atoms with E-state index in [-0.39, 0.29) is 12.4 Å². The summed E-state index contributed by atoms with van der Waals surface area (Å²) < 4.78 is 17.4. The van der Waals surface area contributed by atoms with E-state index < -0.39 is 17.9 Å². The third-order valence-corrected chi connectivity index (χ3v) is 2.30. The number of hydrogen-bond acceptors (Lipinski definition) is 3. The van der Waals surface area contributed by atoms with Crippen molar-refractivity contribution in [1.29, 1.82) is 0 Å². The Balaban J connectivity index is 2.51. The van der Waals surface area contributed by atoms with Gasteiger partial charge in [0.25, 0.3) is 0 Å². The number of carbonyl (C=O) groups excluding carboxylic acids is 2. The lowest BCUT2D eigenvalue weighted by atomic mass is 10.2. The summed E-state index contributed by atoms with van der Waals surface area (Å²) in [7, 11) is 0. The number of benzene rings is 1. The minimum Gasteiger partial charge on any atom is -0.464 e. The zero-order valence-corrected chi connectivity index (χ0v) is 10.9. The maximum Gasteiger partial charge on any atom is 0.328 e. The monoisotopic (exact) mass is 265 g/mol. The second-order valence-corrected chi connectivity index (χ2v) is 3.87. The Morgan fingerprint density at radius 2 is 2.00 bits per heavy atom. The van der Waals surface area contributed by atoms with Crippen LogP contribution in [0.4, 0.5) is 4.39 Å². The van der Waals surface area contributed by atoms with Gasteiger partial charge in [-0.15, -0.1) is 0 Å². The van der Waals surface area contributed by atoms with Crippen LogP contribution in [0.15, 0.2) is 30.3 Å². The molecule has 1 aromatic rings. The number of nitrogens with one attached hydrogen (secondary N) is 1. The predicted molar refractivity (Wildman–Crippen MR) is 69.7 cm³/mol. The topological polar surface area (TPSA) is 55.4 Å². The Morgan fingerprint density at radius 1 is 1.37 bits per heavy atom. The second-order valence-electron chi connectivity index (χ2n) is 3.87. The molecule has 0 aliphatic carbocycles. The fraction of sp³-hybridized carbons (Fsp3) is 0.286. The Morgan fingerprint density at radius 3 is 2.58 bits per heavy atom. The summed E-state index contributed by atoms with van der Waals surface area (Å²) in [6.45, 7) is 3.51. The Kier molecular flexibility index (Phi) is 5.73. The molecule has 0 aliphatic rings. The molecule has 1 amide bonds. The molecule has 0 aromatic heterocycles. The van der Waals surface area contributed by atoms with Gasteiger partial charge in [-0.2, -0.15) is 0 Å². The van der Waals surface area contributed by atoms with E-state index in [1.807, 2.05) is 0 Å². The van der Waals surface area contributed by atoms with Crippen LogP contribution < -0.4 is 5.32 Å². The normalized spacial score (nSPS) is 12.2. The van der Waals surface area contributed by atoms with Gasteiger partial charge in [-0.1, -0.05) is 12.1 Å². The molecule has 0 spiro atoms. The first kappa shape index (κ1) is 14.9. The summed E-state index contributed by atoms with van der Waals surface area (Å²) >= 11 is 0. The lowest BCUT2D eigenvalue weighted by Crippen LogP contribution is -2.38. The number of esters is 1. The summed E-state index contributed by atoms with van der Waals surface area (Å²) in [6.07, 6.45) is 2.82. The standard InChI is InChI=1S/C14H16FNO3/c1-3-19-14(18)10(2)16-13(17)9-6-11-4-7-12(15)8-5-11/h4-10H,3H2,1-2H3,(H,16,17). The molecule has 0 aliphatic heterocycles. The van der Waals surface area contributed by atoms with Crippen molar-refractivity contribution in [3.8, 4) is 0 Å². The number of rotatable bonds is 5. The largest absolute Gasteiger partial charge is 0.464 e. The Hall–Kier alpha value is -2.17. The first-order chi connectivity index (χ1) is 9.02. The van der Waals surface area contributed by atoms with E-state index in [1.54, 1.807) is 26.0 Å². The van der Waals surface area contributed by atoms with Gasteiger partial charge in [0.2, 0.25) is 5.91 Å². The molecule has 102 valence electrons. The van der Waals surface area contributed by atoms with E-state index in [0.717, 1.165) is 0 Å². The molecule has 1 unspecified atom stereocenters. The van der Waals surface area contributed by atoms with Gasteiger partial charge in [0.05, 0.1) is 6.61 Å². The SMILES string of the molecule is CCOC(=O)C(C)NC(=O)C=Cc1ccc(F)cc1. The summed E-state index contributed by atoms with van der Waals surface area (Å²) in [5, 5.41) is 2.47. The summed E-state index contributed by atoms with van der Waals surface area (Å²) in [6, 6.07) is 5.00. The van der Waals surface area contributed by atoms with Crippen LogP contribution in [0, 0.1) is 5.82 Å². The molecule has 0 bridgehead atoms. The lowest BCUT2D eigenvalue weighted by Gasteiger charge is -2.10. The first-order valence-corrected chi connectivity index (χ1v) is 5.93. The van der Waals surface area contributed by atoms with Gasteiger partial charge >= 0.3 is 5.97 Å². The summed E-state index contributed by atoms with van der Waals surface area (Å²) in [5.74, 6) is -1.23. The van der Waals surface area contributed by atoms with Crippen LogP contribution in [0.3, 0.4) is 0 Å². The van der Waals surface area contributed by atoms with Gasteiger partial charge in [0.15, 0.2) is 0 Å². The highest BCUT2D eigenvalue weighted by molar-refractivity contribution is 5.94. The summed E-state index contributed by atoms with van der Waals surface area (Å²) in [5.41, 5.74) is 0.695. The van der Waals surface area contributed by atoms with Gasteiger partial charge in [0.1, 0.15) is 11.9 Å². The van der Waals surface area contributed by atoms with E-state index in [9.17, 15) is 14.0 Å². The molecule has 5 heteroatoms. The second kappa shape index (κ2) is 7.31. The predicted octanol–water partition coefficient (Wildman–Crippen LogP) is 1.91. The highest BCUT2D eigenvalue weighted by atomic mass is 19.1. The number of ether oxygens (including phenoxy) is 1. The zero-order chi connectivity index (χ0) is 14.3. The molecule has 0 saturated carbocycles. The maximum atomic E-state index is 12.7. The van der Waals surface area contributed by atoms with Crippen molar-refractivity contribution >= 4 is 18.0 Å². The molecule has 1 atom stereocenters. The van der Waals surface area contributed by atoms with Crippen LogP contribution in [0.5, 0.6) is 0 Å². The summed E-state index contributed by atoms with van der Waals surface area (Å²) in [4.78, 5) is 22.8. The number of halogens is 1. The fourth-order valence-electron chi connectivity index (χ4n) is 1.33. The van der Waals surface area contributed by atoms with Crippen LogP contribution in [-0.2, 0) is 14.3 Å². The molecular weight excluding hydrogens is 249 g/mol. The molecule has 0 saturated heterocycles. The molecule has 0 heterocycles. The van der Waals surface area contributed by atoms with Crippen molar-refractivity contribution in [2.24, 2.45) is 0 Å². The van der Waals surface area contributed by atoms with Gasteiger partial charge in [-0.3, -0.25) is 4.79 Å². The van der Waals surface area contributed by atoms with Gasteiger partial charge in [-0.25, -0.2) is 9.18 Å². The Labute approximate surface area is 111 Å². The molecule has 1 N–H and O–H groups in total. The van der Waals surface area contributed by atoms with Gasteiger partial charge < -0.3 is 10.1 Å². The smallest absolute Gasteiger partial charge is 0.328 e. The molecule has 1 aromatic carbocycles. The number of amides is 1. The average molecular weight is 265 g/mol. The molecule has 0 radical (unpaired) electrons. The number of hydrogen-bond donors (Lipinski definition) is 1. The molecule has 0 fully saturated rings. The lowest BCUT2D eigenvalue weighted by molar-refractivity contribution is -0.146. The highest BCUT2D eigenvalue weighted by Gasteiger charge is 2.14. The molecule has 19 heavy (non-hydrogen) atoms. The van der Waals surface area contributed by atoms with Gasteiger partial charge in [0, 0.05) is 6.08 Å².